The van der Waals surface area contributed by atoms with E-state index in [9.17, 15) is 26.6 Å². The molecule has 2 aromatic carbocycles. The van der Waals surface area contributed by atoms with Gasteiger partial charge in [0, 0.05) is 4.90 Å². The van der Waals surface area contributed by atoms with Crippen LogP contribution in [0.25, 0.3) is 0 Å². The number of nitrogens with zero attached hydrogens (tertiary/aromatic N) is 2. The highest BCUT2D eigenvalue weighted by Gasteiger charge is 2.32. The van der Waals surface area contributed by atoms with E-state index in [0.29, 0.717) is 10.0 Å². The molecule has 4 N–H and O–H groups in total. The zero-order valence-electron chi connectivity index (χ0n) is 15.0. The lowest BCUT2D eigenvalue weighted by Crippen LogP contribution is -2.51. The third kappa shape index (κ3) is 5.06. The number of nitrogens with two attached hydrogens (primary N) is 2. The van der Waals surface area contributed by atoms with Gasteiger partial charge in [0.05, 0.1) is 22.2 Å². The van der Waals surface area contributed by atoms with Crippen LogP contribution in [0.2, 0.25) is 0 Å². The first-order chi connectivity index (χ1) is 12.9. The van der Waals surface area contributed by atoms with Crippen molar-refractivity contribution in [3.63, 3.8) is 0 Å². The van der Waals surface area contributed by atoms with Crippen molar-refractivity contribution in [2.24, 2.45) is 11.7 Å². The molecule has 0 aliphatic heterocycles. The topological polar surface area (TPSA) is 92.7 Å². The second-order valence-electron chi connectivity index (χ2n) is 6.03. The van der Waals surface area contributed by atoms with Gasteiger partial charge >= 0.3 is 12.2 Å². The van der Waals surface area contributed by atoms with E-state index in [1.807, 2.05) is 6.92 Å². The highest BCUT2D eigenvalue weighted by atomic mass is 32.2. The Morgan fingerprint density at radius 2 is 1.64 bits per heavy atom. The number of carbonyl (C=O) groups excluding carboxylic acids is 1. The summed E-state index contributed by atoms with van der Waals surface area (Å²) in [5, 5.41) is 1.01. The Morgan fingerprint density at radius 1 is 1.07 bits per heavy atom. The number of anilines is 2. The Labute approximate surface area is 161 Å². The van der Waals surface area contributed by atoms with Gasteiger partial charge < -0.3 is 0 Å². The molecule has 2 aromatic rings. The van der Waals surface area contributed by atoms with E-state index in [2.05, 4.69) is 0 Å². The zero-order valence-corrected chi connectivity index (χ0v) is 15.8. The number of rotatable bonds is 4. The summed E-state index contributed by atoms with van der Waals surface area (Å²) in [6.45, 7) is 3.13. The first-order valence-electron chi connectivity index (χ1n) is 7.86. The van der Waals surface area contributed by atoms with E-state index in [-0.39, 0.29) is 16.1 Å². The Morgan fingerprint density at radius 3 is 2.18 bits per heavy atom. The number of amides is 2. The van der Waals surface area contributed by atoms with Crippen molar-refractivity contribution >= 4 is 28.2 Å². The lowest BCUT2D eigenvalue weighted by Gasteiger charge is -2.25. The van der Waals surface area contributed by atoms with Crippen molar-refractivity contribution < 1.29 is 26.6 Å². The van der Waals surface area contributed by atoms with Crippen molar-refractivity contribution in [3.05, 3.63) is 53.3 Å². The standard InChI is InChI=1S/C17H18F4N4O2S/c1-10-3-5-12(6-4-10)24(22)16(26)25(23)14-8-15(11(2)7-13(14)18)28(27)9-17(19,20)21/h3-8H,9,22-23H2,1-2H3. The van der Waals surface area contributed by atoms with Crippen LogP contribution < -0.4 is 21.7 Å². The Kier molecular flexibility index (Phi) is 6.42. The van der Waals surface area contributed by atoms with Crippen LogP contribution in [0.15, 0.2) is 41.3 Å². The first kappa shape index (κ1) is 21.8. The zero-order chi connectivity index (χ0) is 21.2. The van der Waals surface area contributed by atoms with Gasteiger partial charge in [-0.2, -0.15) is 13.2 Å². The third-order valence-corrected chi connectivity index (χ3v) is 5.29. The second kappa shape index (κ2) is 8.25. The summed E-state index contributed by atoms with van der Waals surface area (Å²) in [4.78, 5) is 12.2. The highest BCUT2D eigenvalue weighted by molar-refractivity contribution is 7.85. The fraction of sp³-hybridized carbons (Fsp3) is 0.235. The molecule has 11 heteroatoms. The van der Waals surface area contributed by atoms with Crippen LogP contribution in [0.5, 0.6) is 0 Å². The largest absolute Gasteiger partial charge is 0.400 e. The van der Waals surface area contributed by atoms with E-state index in [4.69, 9.17) is 11.7 Å². The summed E-state index contributed by atoms with van der Waals surface area (Å²) in [5.74, 6) is 8.79. The predicted molar refractivity (Wildman–Crippen MR) is 98.4 cm³/mol. The fourth-order valence-corrected chi connectivity index (χ4v) is 3.45. The van der Waals surface area contributed by atoms with Crippen molar-refractivity contribution in [1.82, 2.24) is 0 Å². The number of aryl methyl sites for hydroxylation is 2. The van der Waals surface area contributed by atoms with Crippen LogP contribution in [0.3, 0.4) is 0 Å². The third-order valence-electron chi connectivity index (χ3n) is 3.77. The molecule has 0 saturated heterocycles. The maximum absolute atomic E-state index is 14.3. The number of hydrogen-bond donors (Lipinski definition) is 2. The quantitative estimate of drug-likeness (QED) is 0.345. The molecule has 0 aromatic heterocycles. The van der Waals surface area contributed by atoms with E-state index in [0.717, 1.165) is 17.7 Å². The molecule has 0 aliphatic carbocycles. The van der Waals surface area contributed by atoms with Gasteiger partial charge in [0.25, 0.3) is 0 Å². The van der Waals surface area contributed by atoms with E-state index in [1.165, 1.54) is 19.1 Å². The van der Waals surface area contributed by atoms with Gasteiger partial charge in [-0.25, -0.2) is 30.9 Å². The molecule has 0 saturated carbocycles. The lowest BCUT2D eigenvalue weighted by atomic mass is 10.2. The monoisotopic (exact) mass is 418 g/mol. The molecule has 2 amide bonds. The molecule has 0 heterocycles. The summed E-state index contributed by atoms with van der Waals surface area (Å²) < 4.78 is 63.9. The number of halogens is 4. The van der Waals surface area contributed by atoms with Crippen molar-refractivity contribution in [2.45, 2.75) is 24.9 Å². The van der Waals surface area contributed by atoms with Gasteiger partial charge in [-0.05, 0) is 43.7 Å². The maximum atomic E-state index is 14.3. The summed E-state index contributed by atoms with van der Waals surface area (Å²) in [7, 11) is -2.49. The Balaban J connectivity index is 2.35. The average molecular weight is 418 g/mol. The number of urea groups is 1. The summed E-state index contributed by atoms with van der Waals surface area (Å²) >= 11 is 0. The van der Waals surface area contributed by atoms with Gasteiger partial charge in [-0.3, -0.25) is 4.21 Å². The molecule has 0 aliphatic rings. The molecule has 28 heavy (non-hydrogen) atoms. The van der Waals surface area contributed by atoms with Gasteiger partial charge in [-0.15, -0.1) is 0 Å². The summed E-state index contributed by atoms with van der Waals surface area (Å²) in [6, 6.07) is 7.13. The molecular formula is C17H18F4N4O2S. The molecule has 152 valence electrons. The molecule has 0 spiro atoms. The molecular weight excluding hydrogens is 400 g/mol. The first-order valence-corrected chi connectivity index (χ1v) is 9.18. The molecule has 1 atom stereocenters. The van der Waals surface area contributed by atoms with Crippen LogP contribution in [0.4, 0.5) is 33.7 Å². The highest BCUT2D eigenvalue weighted by Crippen LogP contribution is 2.28. The van der Waals surface area contributed by atoms with Crippen molar-refractivity contribution in [3.8, 4) is 0 Å². The number of hydrazine groups is 2. The minimum atomic E-state index is -4.68. The van der Waals surface area contributed by atoms with Crippen molar-refractivity contribution in [1.29, 1.82) is 0 Å². The van der Waals surface area contributed by atoms with E-state index in [1.54, 1.807) is 12.1 Å². The van der Waals surface area contributed by atoms with Gasteiger partial charge in [-0.1, -0.05) is 17.7 Å². The molecule has 6 nitrogen and oxygen atoms in total. The Hall–Kier alpha value is -2.50. The number of hydrogen-bond acceptors (Lipinski definition) is 4. The van der Waals surface area contributed by atoms with Gasteiger partial charge in [0.15, 0.2) is 0 Å². The normalized spacial score (nSPS) is 12.6. The SMILES string of the molecule is Cc1ccc(N(N)C(=O)N(N)c2cc(S(=O)CC(F)(F)F)c(C)cc2F)cc1. The minimum absolute atomic E-state index is 0.0350. The molecule has 2 rings (SSSR count). The van der Waals surface area contributed by atoms with Gasteiger partial charge in [0.2, 0.25) is 0 Å². The van der Waals surface area contributed by atoms with Crippen molar-refractivity contribution in [2.75, 3.05) is 15.8 Å². The summed E-state index contributed by atoms with van der Waals surface area (Å²) in [5.41, 5.74) is 0.659. The molecule has 0 fully saturated rings. The van der Waals surface area contributed by atoms with Crippen LogP contribution in [0.1, 0.15) is 11.1 Å². The van der Waals surface area contributed by atoms with E-state index >= 15 is 0 Å². The average Bonchev–Trinajstić information content (AvgIpc) is 2.59. The second-order valence-corrected chi connectivity index (χ2v) is 7.45. The molecule has 0 bridgehead atoms. The van der Waals surface area contributed by atoms with E-state index < -0.39 is 40.3 Å². The predicted octanol–water partition coefficient (Wildman–Crippen LogP) is 3.29. The number of carbonyl (C=O) groups is 1. The molecule has 0 radical (unpaired) electrons. The van der Waals surface area contributed by atoms with Crippen LogP contribution >= 0.6 is 0 Å². The smallest absolute Gasteiger partial charge is 0.254 e. The fourth-order valence-electron chi connectivity index (χ4n) is 2.33. The van der Waals surface area contributed by atoms with Gasteiger partial charge in [0.1, 0.15) is 11.6 Å². The van der Waals surface area contributed by atoms with Crippen LogP contribution in [-0.4, -0.2) is 22.2 Å². The maximum Gasteiger partial charge on any atom is 0.400 e. The number of alkyl halides is 3. The van der Waals surface area contributed by atoms with Crippen LogP contribution in [0, 0.1) is 19.7 Å². The molecule has 1 unspecified atom stereocenters. The summed E-state index contributed by atoms with van der Waals surface area (Å²) in [6.07, 6.45) is -4.68. The number of benzene rings is 2. The lowest BCUT2D eigenvalue weighted by molar-refractivity contribution is -0.105. The Bertz CT molecular complexity index is 903. The minimum Gasteiger partial charge on any atom is -0.254 e. The van der Waals surface area contributed by atoms with Crippen LogP contribution in [-0.2, 0) is 10.8 Å².